The molecule has 0 saturated carbocycles. The molecule has 0 fully saturated rings. The van der Waals surface area contributed by atoms with E-state index in [1.807, 2.05) is 31.2 Å². The van der Waals surface area contributed by atoms with E-state index in [0.717, 1.165) is 27.8 Å². The fourth-order valence-electron chi connectivity index (χ4n) is 3.12. The number of likely N-dealkylation sites (N-methyl/N-ethyl adjacent to an activating group) is 1. The summed E-state index contributed by atoms with van der Waals surface area (Å²) in [5.74, 6) is -1.74. The minimum absolute atomic E-state index is 0.110. The standard InChI is InChI=1S/C22H28FN3O4S/c1-5-24-22(28)17(3)25(14-18-11-7-6-10-16(18)2)21(27)15-26(31(4,29)30)20-13-9-8-12-19(20)23/h6-13,17H,5,14-15H2,1-4H3,(H,24,28). The number of anilines is 1. The first-order valence-corrected chi connectivity index (χ1v) is 11.7. The number of nitrogens with one attached hydrogen (secondary N) is 1. The lowest BCUT2D eigenvalue weighted by atomic mass is 10.1. The van der Waals surface area contributed by atoms with Crippen LogP contribution in [0.2, 0.25) is 0 Å². The Kier molecular flexibility index (Phi) is 8.15. The summed E-state index contributed by atoms with van der Waals surface area (Å²) in [5.41, 5.74) is 1.53. The van der Waals surface area contributed by atoms with Crippen molar-refractivity contribution in [1.29, 1.82) is 0 Å². The van der Waals surface area contributed by atoms with Gasteiger partial charge in [0.2, 0.25) is 21.8 Å². The molecule has 0 saturated heterocycles. The van der Waals surface area contributed by atoms with Crippen molar-refractivity contribution in [1.82, 2.24) is 10.2 Å². The smallest absolute Gasteiger partial charge is 0.244 e. The van der Waals surface area contributed by atoms with Gasteiger partial charge in [0, 0.05) is 13.1 Å². The number of rotatable bonds is 9. The number of sulfonamides is 1. The van der Waals surface area contributed by atoms with Crippen LogP contribution in [0, 0.1) is 12.7 Å². The SMILES string of the molecule is CCNC(=O)C(C)N(Cc1ccccc1C)C(=O)CN(c1ccccc1F)S(C)(=O)=O. The lowest BCUT2D eigenvalue weighted by Gasteiger charge is -2.31. The third kappa shape index (κ3) is 6.27. The minimum atomic E-state index is -3.96. The molecule has 2 amide bonds. The highest BCUT2D eigenvalue weighted by Crippen LogP contribution is 2.22. The Bertz CT molecular complexity index is 1040. The molecular formula is C22H28FN3O4S. The number of amides is 2. The van der Waals surface area contributed by atoms with E-state index in [0.29, 0.717) is 6.54 Å². The molecule has 31 heavy (non-hydrogen) atoms. The molecule has 0 aromatic heterocycles. The lowest BCUT2D eigenvalue weighted by Crippen LogP contribution is -2.51. The van der Waals surface area contributed by atoms with Crippen LogP contribution in [0.15, 0.2) is 48.5 Å². The molecule has 0 aliphatic carbocycles. The molecule has 9 heteroatoms. The molecule has 168 valence electrons. The molecule has 7 nitrogen and oxygen atoms in total. The van der Waals surface area contributed by atoms with E-state index in [2.05, 4.69) is 5.32 Å². The summed E-state index contributed by atoms with van der Waals surface area (Å²) in [6, 6.07) is 11.9. The van der Waals surface area contributed by atoms with Gasteiger partial charge >= 0.3 is 0 Å². The maximum absolute atomic E-state index is 14.3. The predicted molar refractivity (Wildman–Crippen MR) is 118 cm³/mol. The van der Waals surface area contributed by atoms with Gasteiger partial charge in [-0.3, -0.25) is 13.9 Å². The van der Waals surface area contributed by atoms with E-state index < -0.39 is 34.3 Å². The van der Waals surface area contributed by atoms with Crippen molar-refractivity contribution in [3.63, 3.8) is 0 Å². The Balaban J connectivity index is 2.41. The van der Waals surface area contributed by atoms with Crippen molar-refractivity contribution in [2.24, 2.45) is 0 Å². The van der Waals surface area contributed by atoms with Crippen molar-refractivity contribution < 1.29 is 22.4 Å². The van der Waals surface area contributed by atoms with Crippen molar-refractivity contribution in [2.75, 3.05) is 23.7 Å². The number of hydrogen-bond donors (Lipinski definition) is 1. The van der Waals surface area contributed by atoms with Gasteiger partial charge in [-0.2, -0.15) is 0 Å². The molecule has 1 atom stereocenters. The van der Waals surface area contributed by atoms with Crippen molar-refractivity contribution >= 4 is 27.5 Å². The number of hydrogen-bond acceptors (Lipinski definition) is 4. The third-order valence-corrected chi connectivity index (χ3v) is 6.05. The first-order chi connectivity index (χ1) is 14.6. The molecule has 2 aromatic carbocycles. The summed E-state index contributed by atoms with van der Waals surface area (Å²) in [5, 5.41) is 2.68. The van der Waals surface area contributed by atoms with Crippen LogP contribution >= 0.6 is 0 Å². The fourth-order valence-corrected chi connectivity index (χ4v) is 3.97. The fraction of sp³-hybridized carbons (Fsp3) is 0.364. The zero-order valence-corrected chi connectivity index (χ0v) is 18.9. The molecular weight excluding hydrogens is 421 g/mol. The molecule has 2 rings (SSSR count). The van der Waals surface area contributed by atoms with Crippen LogP contribution in [0.3, 0.4) is 0 Å². The number of nitrogens with zero attached hydrogens (tertiary/aromatic N) is 2. The van der Waals surface area contributed by atoms with Crippen molar-refractivity contribution in [3.05, 3.63) is 65.5 Å². The largest absolute Gasteiger partial charge is 0.355 e. The van der Waals surface area contributed by atoms with Gasteiger partial charge in [0.15, 0.2) is 0 Å². The average Bonchev–Trinajstić information content (AvgIpc) is 2.71. The van der Waals surface area contributed by atoms with Gasteiger partial charge in [-0.15, -0.1) is 0 Å². The maximum atomic E-state index is 14.3. The van der Waals surface area contributed by atoms with Gasteiger partial charge < -0.3 is 10.2 Å². The van der Waals surface area contributed by atoms with Gasteiger partial charge in [0.05, 0.1) is 11.9 Å². The quantitative estimate of drug-likeness (QED) is 0.637. The summed E-state index contributed by atoms with van der Waals surface area (Å²) in [6.45, 7) is 5.10. The van der Waals surface area contributed by atoms with Crippen LogP contribution in [0.5, 0.6) is 0 Å². The Hall–Kier alpha value is -2.94. The number of halogens is 1. The summed E-state index contributed by atoms with van der Waals surface area (Å²) < 4.78 is 39.8. The molecule has 0 aliphatic rings. The second kappa shape index (κ2) is 10.4. The molecule has 0 spiro atoms. The Morgan fingerprint density at radius 3 is 2.29 bits per heavy atom. The molecule has 1 N–H and O–H groups in total. The molecule has 1 unspecified atom stereocenters. The Labute approximate surface area is 182 Å². The summed E-state index contributed by atoms with van der Waals surface area (Å²) in [4.78, 5) is 27.1. The first kappa shape index (κ1) is 24.3. The van der Waals surface area contributed by atoms with Crippen molar-refractivity contribution in [3.8, 4) is 0 Å². The number of carbonyl (C=O) groups excluding carboxylic acids is 2. The summed E-state index contributed by atoms with van der Waals surface area (Å²) in [7, 11) is -3.96. The van der Waals surface area contributed by atoms with Crippen LogP contribution < -0.4 is 9.62 Å². The zero-order valence-electron chi connectivity index (χ0n) is 18.1. The molecule has 0 heterocycles. The van der Waals surface area contributed by atoms with Crippen LogP contribution in [0.4, 0.5) is 10.1 Å². The average molecular weight is 450 g/mol. The zero-order chi connectivity index (χ0) is 23.2. The topological polar surface area (TPSA) is 86.8 Å². The van der Waals surface area contributed by atoms with E-state index in [1.165, 1.54) is 23.1 Å². The third-order valence-electron chi connectivity index (χ3n) is 4.92. The van der Waals surface area contributed by atoms with Gasteiger partial charge in [-0.05, 0) is 44.0 Å². The Morgan fingerprint density at radius 2 is 1.71 bits per heavy atom. The number of para-hydroxylation sites is 1. The van der Waals surface area contributed by atoms with Crippen molar-refractivity contribution in [2.45, 2.75) is 33.4 Å². The van der Waals surface area contributed by atoms with Gasteiger partial charge in [-0.25, -0.2) is 12.8 Å². The Morgan fingerprint density at radius 1 is 1.10 bits per heavy atom. The predicted octanol–water partition coefficient (Wildman–Crippen LogP) is 2.45. The number of benzene rings is 2. The van der Waals surface area contributed by atoms with Gasteiger partial charge in [0.1, 0.15) is 18.4 Å². The second-order valence-corrected chi connectivity index (χ2v) is 9.15. The van der Waals surface area contributed by atoms with E-state index in [4.69, 9.17) is 0 Å². The molecule has 2 aromatic rings. The summed E-state index contributed by atoms with van der Waals surface area (Å²) >= 11 is 0. The van der Waals surface area contributed by atoms with Crippen LogP contribution in [-0.2, 0) is 26.2 Å². The van der Waals surface area contributed by atoms with Crippen LogP contribution in [0.25, 0.3) is 0 Å². The maximum Gasteiger partial charge on any atom is 0.244 e. The monoisotopic (exact) mass is 449 g/mol. The van der Waals surface area contributed by atoms with Gasteiger partial charge in [0.25, 0.3) is 0 Å². The first-order valence-electron chi connectivity index (χ1n) is 9.90. The van der Waals surface area contributed by atoms with E-state index in [1.54, 1.807) is 13.8 Å². The highest BCUT2D eigenvalue weighted by atomic mass is 32.2. The highest BCUT2D eigenvalue weighted by molar-refractivity contribution is 7.92. The highest BCUT2D eigenvalue weighted by Gasteiger charge is 2.30. The number of aryl methyl sites for hydroxylation is 1. The normalized spacial score (nSPS) is 12.2. The van der Waals surface area contributed by atoms with Gasteiger partial charge in [-0.1, -0.05) is 36.4 Å². The van der Waals surface area contributed by atoms with Crippen LogP contribution in [0.1, 0.15) is 25.0 Å². The lowest BCUT2D eigenvalue weighted by molar-refractivity contribution is -0.139. The minimum Gasteiger partial charge on any atom is -0.355 e. The second-order valence-electron chi connectivity index (χ2n) is 7.24. The molecule has 0 aliphatic heterocycles. The van der Waals surface area contributed by atoms with E-state index >= 15 is 0 Å². The number of carbonyl (C=O) groups is 2. The summed E-state index contributed by atoms with van der Waals surface area (Å²) in [6.07, 6.45) is 0.908. The molecule has 0 radical (unpaired) electrons. The van der Waals surface area contributed by atoms with E-state index in [9.17, 15) is 22.4 Å². The van der Waals surface area contributed by atoms with E-state index in [-0.39, 0.29) is 18.1 Å². The van der Waals surface area contributed by atoms with Crippen LogP contribution in [-0.4, -0.2) is 50.5 Å². The molecule has 0 bridgehead atoms.